The molecule has 2 aromatic carbocycles. The fourth-order valence-electron chi connectivity index (χ4n) is 3.47. The molecule has 0 N–H and O–H groups in total. The molecule has 9 heteroatoms. The zero-order valence-corrected chi connectivity index (χ0v) is 17.5. The van der Waals surface area contributed by atoms with Gasteiger partial charge in [-0.05, 0) is 30.3 Å². The van der Waals surface area contributed by atoms with Crippen LogP contribution in [0.15, 0.2) is 40.9 Å². The molecule has 0 saturated carbocycles. The Labute approximate surface area is 178 Å². The number of hydrogen-bond donors (Lipinski definition) is 0. The Hall–Kier alpha value is -3.26. The summed E-state index contributed by atoms with van der Waals surface area (Å²) in [4.78, 5) is 18.8. The Kier molecular flexibility index (Phi) is 5.50. The number of carbonyl (C=O) groups is 1. The van der Waals surface area contributed by atoms with Gasteiger partial charge in [0.05, 0.1) is 32.6 Å². The van der Waals surface area contributed by atoms with Crippen molar-refractivity contribution < 1.29 is 23.5 Å². The number of benzene rings is 2. The molecule has 2 heterocycles. The number of nitrogens with zero attached hydrogens (tertiary/aromatic N) is 3. The maximum absolute atomic E-state index is 12.7. The lowest BCUT2D eigenvalue weighted by atomic mass is 10.1. The van der Waals surface area contributed by atoms with Gasteiger partial charge < -0.3 is 23.6 Å². The van der Waals surface area contributed by atoms with E-state index in [2.05, 4.69) is 10.1 Å². The Bertz CT molecular complexity index is 1080. The van der Waals surface area contributed by atoms with Crippen LogP contribution in [0, 0.1) is 0 Å². The maximum Gasteiger partial charge on any atom is 0.261 e. The highest BCUT2D eigenvalue weighted by molar-refractivity contribution is 6.31. The Morgan fingerprint density at radius 3 is 2.60 bits per heavy atom. The zero-order chi connectivity index (χ0) is 21.3. The first-order chi connectivity index (χ1) is 14.5. The molecular formula is C21H20ClN3O5. The van der Waals surface area contributed by atoms with E-state index in [1.54, 1.807) is 62.6 Å². The van der Waals surface area contributed by atoms with Gasteiger partial charge in [0, 0.05) is 30.0 Å². The molecule has 0 radical (unpaired) electrons. The van der Waals surface area contributed by atoms with Crippen LogP contribution in [0.3, 0.4) is 0 Å². The molecule has 1 aliphatic heterocycles. The van der Waals surface area contributed by atoms with Crippen LogP contribution in [-0.4, -0.2) is 43.9 Å². The largest absolute Gasteiger partial charge is 0.497 e. The number of anilines is 1. The van der Waals surface area contributed by atoms with Gasteiger partial charge in [0.25, 0.3) is 5.89 Å². The van der Waals surface area contributed by atoms with Crippen molar-refractivity contribution in [2.45, 2.75) is 12.3 Å². The number of hydrogen-bond acceptors (Lipinski definition) is 7. The van der Waals surface area contributed by atoms with Crippen LogP contribution >= 0.6 is 11.6 Å². The van der Waals surface area contributed by atoms with Crippen molar-refractivity contribution in [1.29, 1.82) is 0 Å². The summed E-state index contributed by atoms with van der Waals surface area (Å²) >= 11 is 6.12. The second kappa shape index (κ2) is 8.23. The van der Waals surface area contributed by atoms with Gasteiger partial charge >= 0.3 is 0 Å². The lowest BCUT2D eigenvalue weighted by Gasteiger charge is -2.19. The van der Waals surface area contributed by atoms with Gasteiger partial charge in [0.2, 0.25) is 5.91 Å². The summed E-state index contributed by atoms with van der Waals surface area (Å²) in [6, 6.07) is 10.5. The van der Waals surface area contributed by atoms with Crippen LogP contribution in [0.2, 0.25) is 5.02 Å². The number of carbonyl (C=O) groups excluding carboxylic acids is 1. The van der Waals surface area contributed by atoms with Crippen LogP contribution in [0.25, 0.3) is 11.5 Å². The van der Waals surface area contributed by atoms with Crippen molar-refractivity contribution in [2.24, 2.45) is 0 Å². The number of aromatic nitrogens is 2. The highest BCUT2D eigenvalue weighted by Crippen LogP contribution is 2.38. The first kappa shape index (κ1) is 20.0. The fraction of sp³-hybridized carbons (Fsp3) is 0.286. The molecule has 1 fully saturated rings. The second-order valence-corrected chi connectivity index (χ2v) is 7.18. The van der Waals surface area contributed by atoms with Crippen LogP contribution < -0.4 is 19.1 Å². The molecule has 0 spiro atoms. The van der Waals surface area contributed by atoms with Gasteiger partial charge in [-0.1, -0.05) is 16.8 Å². The van der Waals surface area contributed by atoms with Crippen molar-refractivity contribution >= 4 is 23.2 Å². The molecule has 4 rings (SSSR count). The van der Waals surface area contributed by atoms with E-state index >= 15 is 0 Å². The van der Waals surface area contributed by atoms with E-state index in [-0.39, 0.29) is 18.2 Å². The van der Waals surface area contributed by atoms with Crippen molar-refractivity contribution in [3.8, 4) is 28.7 Å². The minimum absolute atomic E-state index is 0.0612. The molecular weight excluding hydrogens is 410 g/mol. The summed E-state index contributed by atoms with van der Waals surface area (Å²) in [6.07, 6.45) is 0.258. The molecule has 0 aliphatic carbocycles. The van der Waals surface area contributed by atoms with E-state index in [1.165, 1.54) is 0 Å². The molecule has 3 aromatic rings. The van der Waals surface area contributed by atoms with Crippen molar-refractivity contribution in [3.63, 3.8) is 0 Å². The van der Waals surface area contributed by atoms with Crippen LogP contribution in [0.5, 0.6) is 17.2 Å². The van der Waals surface area contributed by atoms with Gasteiger partial charge in [-0.2, -0.15) is 4.98 Å². The van der Waals surface area contributed by atoms with Crippen molar-refractivity contribution in [1.82, 2.24) is 10.1 Å². The van der Waals surface area contributed by atoms with Gasteiger partial charge in [-0.25, -0.2) is 0 Å². The maximum atomic E-state index is 12.7. The highest BCUT2D eigenvalue weighted by atomic mass is 35.5. The fourth-order valence-corrected chi connectivity index (χ4v) is 3.64. The first-order valence-electron chi connectivity index (χ1n) is 9.24. The van der Waals surface area contributed by atoms with Gasteiger partial charge in [-0.3, -0.25) is 4.79 Å². The number of ether oxygens (including phenoxy) is 3. The average Bonchev–Trinajstić information content (AvgIpc) is 3.40. The minimum atomic E-state index is -0.220. The summed E-state index contributed by atoms with van der Waals surface area (Å²) < 4.78 is 21.5. The van der Waals surface area contributed by atoms with E-state index in [1.807, 2.05) is 0 Å². The van der Waals surface area contributed by atoms with E-state index < -0.39 is 0 Å². The lowest BCUT2D eigenvalue weighted by molar-refractivity contribution is -0.117. The van der Waals surface area contributed by atoms with Crippen LogP contribution in [0.1, 0.15) is 18.2 Å². The molecule has 156 valence electrons. The predicted molar refractivity (Wildman–Crippen MR) is 111 cm³/mol. The average molecular weight is 430 g/mol. The van der Waals surface area contributed by atoms with E-state index in [0.717, 1.165) is 0 Å². The third-order valence-electron chi connectivity index (χ3n) is 5.00. The SMILES string of the molecule is COc1ccc(-c2nc(C3CC(=O)N(c4cc(Cl)ccc4OC)C3)no2)c(OC)c1. The molecule has 8 nitrogen and oxygen atoms in total. The molecule has 1 amide bonds. The summed E-state index contributed by atoms with van der Waals surface area (Å²) in [5.74, 6) is 2.28. The van der Waals surface area contributed by atoms with Gasteiger partial charge in [0.15, 0.2) is 5.82 Å². The van der Waals surface area contributed by atoms with Gasteiger partial charge in [-0.15, -0.1) is 0 Å². The Morgan fingerprint density at radius 1 is 1.07 bits per heavy atom. The van der Waals surface area contributed by atoms with E-state index in [4.69, 9.17) is 30.3 Å². The molecule has 0 bridgehead atoms. The third kappa shape index (κ3) is 3.66. The molecule has 1 aliphatic rings. The highest BCUT2D eigenvalue weighted by Gasteiger charge is 2.36. The third-order valence-corrected chi connectivity index (χ3v) is 5.24. The number of amides is 1. The minimum Gasteiger partial charge on any atom is -0.497 e. The molecule has 1 aromatic heterocycles. The molecule has 30 heavy (non-hydrogen) atoms. The topological polar surface area (TPSA) is 86.9 Å². The summed E-state index contributed by atoms with van der Waals surface area (Å²) in [6.45, 7) is 0.397. The quantitative estimate of drug-likeness (QED) is 0.586. The molecule has 1 atom stereocenters. The first-order valence-corrected chi connectivity index (χ1v) is 9.61. The second-order valence-electron chi connectivity index (χ2n) is 6.75. The zero-order valence-electron chi connectivity index (χ0n) is 16.7. The Balaban J connectivity index is 1.60. The standard InChI is InChI=1S/C21H20ClN3O5/c1-27-14-5-6-15(18(10-14)29-3)21-23-20(24-30-21)12-8-19(26)25(11-12)16-9-13(22)4-7-17(16)28-2/h4-7,9-10,12H,8,11H2,1-3H3. The molecule has 1 saturated heterocycles. The Morgan fingerprint density at radius 2 is 1.87 bits per heavy atom. The lowest BCUT2D eigenvalue weighted by Crippen LogP contribution is -2.24. The number of methoxy groups -OCH3 is 3. The van der Waals surface area contributed by atoms with E-state index in [9.17, 15) is 4.79 Å². The van der Waals surface area contributed by atoms with Crippen LogP contribution in [-0.2, 0) is 4.79 Å². The summed E-state index contributed by atoms with van der Waals surface area (Å²) in [5, 5.41) is 4.63. The molecule has 1 unspecified atom stereocenters. The van der Waals surface area contributed by atoms with Crippen LogP contribution in [0.4, 0.5) is 5.69 Å². The predicted octanol–water partition coefficient (Wildman–Crippen LogP) is 3.94. The van der Waals surface area contributed by atoms with Crippen molar-refractivity contribution in [2.75, 3.05) is 32.8 Å². The number of halogens is 1. The monoisotopic (exact) mass is 429 g/mol. The number of rotatable bonds is 6. The van der Waals surface area contributed by atoms with Gasteiger partial charge in [0.1, 0.15) is 17.2 Å². The summed E-state index contributed by atoms with van der Waals surface area (Å²) in [5.41, 5.74) is 1.27. The smallest absolute Gasteiger partial charge is 0.261 e. The van der Waals surface area contributed by atoms with E-state index in [0.29, 0.717) is 51.8 Å². The van der Waals surface area contributed by atoms with Crippen molar-refractivity contribution in [3.05, 3.63) is 47.2 Å². The summed E-state index contributed by atoms with van der Waals surface area (Å²) in [7, 11) is 4.69. The normalized spacial score (nSPS) is 16.1.